The van der Waals surface area contributed by atoms with Crippen LogP contribution in [0.15, 0.2) is 18.2 Å². The van der Waals surface area contributed by atoms with E-state index in [1.807, 2.05) is 0 Å². The van der Waals surface area contributed by atoms with E-state index in [2.05, 4.69) is 5.32 Å². The number of amides is 1. The summed E-state index contributed by atoms with van der Waals surface area (Å²) in [5.74, 6) is -2.00. The Morgan fingerprint density at radius 1 is 1.15 bits per heavy atom. The molecule has 1 saturated carbocycles. The van der Waals surface area contributed by atoms with E-state index in [-0.39, 0.29) is 5.91 Å². The van der Waals surface area contributed by atoms with Crippen LogP contribution in [-0.2, 0) is 16.0 Å². The summed E-state index contributed by atoms with van der Waals surface area (Å²) in [6, 6.07) is 5.24. The first-order chi connectivity index (χ1) is 9.47. The Balaban J connectivity index is 1.81. The summed E-state index contributed by atoms with van der Waals surface area (Å²) in [7, 11) is 0. The Labute approximate surface area is 127 Å². The number of carboxylic acid groups (broad SMARTS) is 1. The van der Waals surface area contributed by atoms with Crippen molar-refractivity contribution in [3.8, 4) is 0 Å². The average molecular weight is 316 g/mol. The molecule has 0 saturated heterocycles. The van der Waals surface area contributed by atoms with Crippen molar-refractivity contribution in [2.24, 2.45) is 11.8 Å². The van der Waals surface area contributed by atoms with Gasteiger partial charge in [0.1, 0.15) is 0 Å². The number of hydrogen-bond donors (Lipinski definition) is 2. The molecular formula is C14H15Cl2NO3. The second-order valence-electron chi connectivity index (χ2n) is 4.95. The average Bonchev–Trinajstić information content (AvgIpc) is 2.24. The molecule has 1 aromatic carbocycles. The molecule has 1 aliphatic rings. The predicted octanol–water partition coefficient (Wildman–Crippen LogP) is 2.76. The SMILES string of the molecule is O=C(O)C1CCC1C(=O)NCCc1cc(Cl)cc(Cl)c1. The summed E-state index contributed by atoms with van der Waals surface area (Å²) in [6.07, 6.45) is 1.83. The van der Waals surface area contributed by atoms with Gasteiger partial charge in [0.05, 0.1) is 11.8 Å². The first kappa shape index (κ1) is 15.1. The summed E-state index contributed by atoms with van der Waals surface area (Å²) in [5, 5.41) is 12.8. The zero-order chi connectivity index (χ0) is 14.7. The lowest BCUT2D eigenvalue weighted by molar-refractivity contribution is -0.152. The van der Waals surface area contributed by atoms with Gasteiger partial charge in [0.15, 0.2) is 0 Å². The molecule has 20 heavy (non-hydrogen) atoms. The molecule has 1 aliphatic carbocycles. The number of carbonyl (C=O) groups is 2. The summed E-state index contributed by atoms with van der Waals surface area (Å²) >= 11 is 11.8. The number of carbonyl (C=O) groups excluding carboxylic acids is 1. The van der Waals surface area contributed by atoms with Crippen LogP contribution >= 0.6 is 23.2 Å². The zero-order valence-corrected chi connectivity index (χ0v) is 12.2. The van der Waals surface area contributed by atoms with Crippen molar-refractivity contribution in [2.45, 2.75) is 19.3 Å². The Morgan fingerprint density at radius 2 is 1.75 bits per heavy atom. The van der Waals surface area contributed by atoms with Gasteiger partial charge in [0, 0.05) is 16.6 Å². The van der Waals surface area contributed by atoms with Crippen LogP contribution in [0.1, 0.15) is 18.4 Å². The first-order valence-corrected chi connectivity index (χ1v) is 7.18. The molecule has 2 rings (SSSR count). The van der Waals surface area contributed by atoms with Crippen LogP contribution in [0.25, 0.3) is 0 Å². The maximum Gasteiger partial charge on any atom is 0.307 e. The van der Waals surface area contributed by atoms with Gasteiger partial charge >= 0.3 is 5.97 Å². The molecule has 0 aromatic heterocycles. The van der Waals surface area contributed by atoms with Gasteiger partial charge in [-0.05, 0) is 43.0 Å². The second-order valence-corrected chi connectivity index (χ2v) is 5.82. The molecule has 1 aromatic rings. The van der Waals surface area contributed by atoms with Crippen molar-refractivity contribution < 1.29 is 14.7 Å². The number of hydrogen-bond acceptors (Lipinski definition) is 2. The molecule has 2 unspecified atom stereocenters. The van der Waals surface area contributed by atoms with E-state index in [1.165, 1.54) is 0 Å². The fourth-order valence-corrected chi connectivity index (χ4v) is 2.90. The van der Waals surface area contributed by atoms with Crippen LogP contribution in [0.2, 0.25) is 10.0 Å². The molecule has 0 aliphatic heterocycles. The second kappa shape index (κ2) is 6.46. The van der Waals surface area contributed by atoms with Gasteiger partial charge in [-0.15, -0.1) is 0 Å². The lowest BCUT2D eigenvalue weighted by Crippen LogP contribution is -2.44. The molecular weight excluding hydrogens is 301 g/mol. The van der Waals surface area contributed by atoms with Crippen molar-refractivity contribution in [2.75, 3.05) is 6.54 Å². The number of rotatable bonds is 5. The van der Waals surface area contributed by atoms with Crippen LogP contribution in [0, 0.1) is 11.8 Å². The highest BCUT2D eigenvalue weighted by molar-refractivity contribution is 6.34. The first-order valence-electron chi connectivity index (χ1n) is 6.43. The third kappa shape index (κ3) is 3.64. The van der Waals surface area contributed by atoms with Gasteiger partial charge in [-0.3, -0.25) is 9.59 Å². The maximum atomic E-state index is 11.8. The van der Waals surface area contributed by atoms with Crippen molar-refractivity contribution in [3.63, 3.8) is 0 Å². The molecule has 0 heterocycles. The van der Waals surface area contributed by atoms with Gasteiger partial charge < -0.3 is 10.4 Å². The molecule has 2 N–H and O–H groups in total. The lowest BCUT2D eigenvalue weighted by Gasteiger charge is -2.31. The van der Waals surface area contributed by atoms with Gasteiger partial charge in [0.2, 0.25) is 5.91 Å². The largest absolute Gasteiger partial charge is 0.481 e. The van der Waals surface area contributed by atoms with Crippen LogP contribution in [-0.4, -0.2) is 23.5 Å². The predicted molar refractivity (Wildman–Crippen MR) is 77.0 cm³/mol. The summed E-state index contributed by atoms with van der Waals surface area (Å²) in [6.45, 7) is 0.443. The van der Waals surface area contributed by atoms with Gasteiger partial charge in [-0.25, -0.2) is 0 Å². The highest BCUT2D eigenvalue weighted by atomic mass is 35.5. The molecule has 0 radical (unpaired) electrons. The van der Waals surface area contributed by atoms with E-state index in [9.17, 15) is 9.59 Å². The molecule has 0 bridgehead atoms. The molecule has 4 nitrogen and oxygen atoms in total. The number of nitrogens with one attached hydrogen (secondary N) is 1. The fourth-order valence-electron chi connectivity index (χ4n) is 2.33. The van der Waals surface area contributed by atoms with Crippen LogP contribution in [0.4, 0.5) is 0 Å². The minimum absolute atomic E-state index is 0.184. The molecule has 1 amide bonds. The van der Waals surface area contributed by atoms with Crippen LogP contribution in [0.5, 0.6) is 0 Å². The van der Waals surface area contributed by atoms with Gasteiger partial charge in [-0.2, -0.15) is 0 Å². The van der Waals surface area contributed by atoms with E-state index >= 15 is 0 Å². The smallest absolute Gasteiger partial charge is 0.307 e. The quantitative estimate of drug-likeness (QED) is 0.878. The van der Waals surface area contributed by atoms with E-state index in [0.29, 0.717) is 35.9 Å². The topological polar surface area (TPSA) is 66.4 Å². The van der Waals surface area contributed by atoms with Crippen LogP contribution in [0.3, 0.4) is 0 Å². The lowest BCUT2D eigenvalue weighted by atomic mass is 9.73. The Hall–Kier alpha value is -1.26. The molecule has 1 fully saturated rings. The van der Waals surface area contributed by atoms with E-state index in [1.54, 1.807) is 18.2 Å². The van der Waals surface area contributed by atoms with E-state index < -0.39 is 17.8 Å². The Morgan fingerprint density at radius 3 is 2.25 bits per heavy atom. The van der Waals surface area contributed by atoms with E-state index in [0.717, 1.165) is 5.56 Å². The number of carboxylic acids is 1. The standard InChI is InChI=1S/C14H15Cl2NO3/c15-9-5-8(6-10(16)7-9)3-4-17-13(18)11-1-2-12(11)14(19)20/h5-7,11-12H,1-4H2,(H,17,18)(H,19,20). The van der Waals surface area contributed by atoms with Gasteiger partial charge in [0.25, 0.3) is 0 Å². The molecule has 108 valence electrons. The van der Waals surface area contributed by atoms with Crippen molar-refractivity contribution in [3.05, 3.63) is 33.8 Å². The minimum atomic E-state index is -0.891. The third-order valence-corrected chi connectivity index (χ3v) is 4.00. The fraction of sp³-hybridized carbons (Fsp3) is 0.429. The zero-order valence-electron chi connectivity index (χ0n) is 10.7. The molecule has 6 heteroatoms. The van der Waals surface area contributed by atoms with Crippen molar-refractivity contribution in [1.29, 1.82) is 0 Å². The van der Waals surface area contributed by atoms with Crippen molar-refractivity contribution >= 4 is 35.1 Å². The summed E-state index contributed by atoms with van der Waals surface area (Å²) in [4.78, 5) is 22.7. The minimum Gasteiger partial charge on any atom is -0.481 e. The highest BCUT2D eigenvalue weighted by Crippen LogP contribution is 2.34. The number of benzene rings is 1. The molecule has 0 spiro atoms. The Bertz CT molecular complexity index is 513. The molecule has 2 atom stereocenters. The van der Waals surface area contributed by atoms with Gasteiger partial charge in [-0.1, -0.05) is 23.2 Å². The monoisotopic (exact) mass is 315 g/mol. The number of aliphatic carboxylic acids is 1. The number of halogens is 2. The summed E-state index contributed by atoms with van der Waals surface area (Å²) < 4.78 is 0. The highest BCUT2D eigenvalue weighted by Gasteiger charge is 2.41. The van der Waals surface area contributed by atoms with Crippen LogP contribution < -0.4 is 5.32 Å². The maximum absolute atomic E-state index is 11.8. The Kier molecular flexibility index (Phi) is 4.89. The van der Waals surface area contributed by atoms with E-state index in [4.69, 9.17) is 28.3 Å². The van der Waals surface area contributed by atoms with Crippen molar-refractivity contribution in [1.82, 2.24) is 5.32 Å². The third-order valence-electron chi connectivity index (χ3n) is 3.56. The summed E-state index contributed by atoms with van der Waals surface area (Å²) in [5.41, 5.74) is 0.936. The normalized spacial score (nSPS) is 21.1.